The van der Waals surface area contributed by atoms with E-state index in [4.69, 9.17) is 4.74 Å². The van der Waals surface area contributed by atoms with Gasteiger partial charge >= 0.3 is 6.09 Å². The van der Waals surface area contributed by atoms with Gasteiger partial charge in [0.2, 0.25) is 0 Å². The van der Waals surface area contributed by atoms with E-state index >= 15 is 0 Å². The zero-order valence-electron chi connectivity index (χ0n) is 9.00. The minimum Gasteiger partial charge on any atom is -0.448 e. The number of ether oxygens (including phenoxy) is 1. The molecule has 0 aromatic heterocycles. The van der Waals surface area contributed by atoms with Crippen LogP contribution in [0.15, 0.2) is 0 Å². The summed E-state index contributed by atoms with van der Waals surface area (Å²) in [6, 6.07) is 0. The van der Waals surface area contributed by atoms with Gasteiger partial charge in [-0.25, -0.2) is 10.1 Å². The van der Waals surface area contributed by atoms with Gasteiger partial charge in [0.1, 0.15) is 0 Å². The van der Waals surface area contributed by atoms with Crippen LogP contribution in [-0.4, -0.2) is 19.2 Å². The summed E-state index contributed by atoms with van der Waals surface area (Å²) in [4.78, 5) is 10.9. The molecule has 0 atom stereocenters. The first-order chi connectivity index (χ1) is 6.83. The molecule has 1 aliphatic carbocycles. The van der Waals surface area contributed by atoms with Gasteiger partial charge < -0.3 is 4.74 Å². The zero-order valence-corrected chi connectivity index (χ0v) is 9.00. The molecule has 0 spiro atoms. The van der Waals surface area contributed by atoms with E-state index in [1.165, 1.54) is 32.1 Å². The van der Waals surface area contributed by atoms with E-state index < -0.39 is 6.09 Å². The maximum atomic E-state index is 10.9. The standard InChI is InChI=1S/C11H20NO2/c1-2-14-11(13)12-9-5-8-10-6-3-4-7-10/h10H,2-9H2,1H3. The third-order valence-electron chi connectivity index (χ3n) is 2.75. The van der Waals surface area contributed by atoms with Crippen LogP contribution in [0.4, 0.5) is 4.79 Å². The van der Waals surface area contributed by atoms with Crippen molar-refractivity contribution in [3.8, 4) is 0 Å². The Balaban J connectivity index is 1.90. The summed E-state index contributed by atoms with van der Waals surface area (Å²) in [7, 11) is 0. The second-order valence-corrected chi connectivity index (χ2v) is 3.87. The van der Waals surface area contributed by atoms with Crippen LogP contribution in [-0.2, 0) is 4.74 Å². The van der Waals surface area contributed by atoms with Crippen LogP contribution in [0.5, 0.6) is 0 Å². The number of rotatable bonds is 5. The molecule has 0 bridgehead atoms. The van der Waals surface area contributed by atoms with Crippen LogP contribution in [0, 0.1) is 5.92 Å². The van der Waals surface area contributed by atoms with Gasteiger partial charge in [-0.2, -0.15) is 0 Å². The van der Waals surface area contributed by atoms with Crippen LogP contribution in [0.2, 0.25) is 0 Å². The van der Waals surface area contributed by atoms with Crippen molar-refractivity contribution in [2.45, 2.75) is 45.4 Å². The molecule has 0 aromatic carbocycles. The van der Waals surface area contributed by atoms with Crippen LogP contribution >= 0.6 is 0 Å². The van der Waals surface area contributed by atoms with Crippen molar-refractivity contribution in [2.24, 2.45) is 5.92 Å². The minimum atomic E-state index is -0.404. The van der Waals surface area contributed by atoms with Gasteiger partial charge in [-0.1, -0.05) is 25.7 Å². The topological polar surface area (TPSA) is 40.4 Å². The van der Waals surface area contributed by atoms with Crippen LogP contribution < -0.4 is 5.32 Å². The molecular weight excluding hydrogens is 178 g/mol. The fraction of sp³-hybridized carbons (Fsp3) is 0.909. The number of carbonyl (C=O) groups excluding carboxylic acids is 1. The molecule has 1 amide bonds. The normalized spacial score (nSPS) is 16.9. The molecule has 3 nitrogen and oxygen atoms in total. The summed E-state index contributed by atoms with van der Waals surface area (Å²) in [6.45, 7) is 2.85. The summed E-state index contributed by atoms with van der Waals surface area (Å²) in [5.41, 5.74) is 0. The first-order valence-electron chi connectivity index (χ1n) is 5.67. The Labute approximate surface area is 86.2 Å². The quantitative estimate of drug-likeness (QED) is 0.637. The zero-order chi connectivity index (χ0) is 10.2. The predicted molar refractivity (Wildman–Crippen MR) is 55.2 cm³/mol. The fourth-order valence-electron chi connectivity index (χ4n) is 2.02. The Kier molecular flexibility index (Phi) is 5.42. The molecule has 1 aliphatic rings. The number of nitrogens with zero attached hydrogens (tertiary/aromatic N) is 1. The monoisotopic (exact) mass is 198 g/mol. The lowest BCUT2D eigenvalue weighted by Crippen LogP contribution is -2.18. The van der Waals surface area contributed by atoms with Gasteiger partial charge in [0.15, 0.2) is 0 Å². The fourth-order valence-corrected chi connectivity index (χ4v) is 2.02. The molecule has 0 N–H and O–H groups in total. The minimum absolute atomic E-state index is 0.404. The molecule has 81 valence electrons. The van der Waals surface area contributed by atoms with E-state index in [1.54, 1.807) is 6.92 Å². The first-order valence-corrected chi connectivity index (χ1v) is 5.67. The largest absolute Gasteiger partial charge is 0.448 e. The second-order valence-electron chi connectivity index (χ2n) is 3.87. The van der Waals surface area contributed by atoms with E-state index in [0.29, 0.717) is 13.2 Å². The number of hydrogen-bond acceptors (Lipinski definition) is 2. The summed E-state index contributed by atoms with van der Waals surface area (Å²) in [5, 5.41) is 3.81. The van der Waals surface area contributed by atoms with Gasteiger partial charge in [-0.3, -0.25) is 0 Å². The lowest BCUT2D eigenvalue weighted by Gasteiger charge is -2.07. The maximum Gasteiger partial charge on any atom is 0.428 e. The van der Waals surface area contributed by atoms with E-state index in [0.717, 1.165) is 12.3 Å². The average molecular weight is 198 g/mol. The first kappa shape index (κ1) is 11.3. The lowest BCUT2D eigenvalue weighted by molar-refractivity contribution is 0.151. The average Bonchev–Trinajstić information content (AvgIpc) is 2.65. The van der Waals surface area contributed by atoms with E-state index in [9.17, 15) is 4.79 Å². The molecule has 0 aromatic rings. The van der Waals surface area contributed by atoms with Crippen molar-refractivity contribution in [3.63, 3.8) is 0 Å². The Morgan fingerprint density at radius 3 is 2.79 bits per heavy atom. The van der Waals surface area contributed by atoms with E-state index in [1.807, 2.05) is 0 Å². The molecule has 1 fully saturated rings. The predicted octanol–water partition coefficient (Wildman–Crippen LogP) is 2.72. The molecule has 1 radical (unpaired) electrons. The highest BCUT2D eigenvalue weighted by molar-refractivity contribution is 5.66. The van der Waals surface area contributed by atoms with Crippen molar-refractivity contribution in [1.82, 2.24) is 5.32 Å². The molecule has 0 saturated heterocycles. The van der Waals surface area contributed by atoms with Crippen LogP contribution in [0.3, 0.4) is 0 Å². The Morgan fingerprint density at radius 1 is 1.43 bits per heavy atom. The summed E-state index contributed by atoms with van der Waals surface area (Å²) in [6.07, 6.45) is 7.38. The lowest BCUT2D eigenvalue weighted by atomic mass is 10.0. The summed E-state index contributed by atoms with van der Waals surface area (Å²) < 4.78 is 4.71. The van der Waals surface area contributed by atoms with Crippen molar-refractivity contribution < 1.29 is 9.53 Å². The summed E-state index contributed by atoms with van der Waals surface area (Å²) in [5.74, 6) is 0.896. The van der Waals surface area contributed by atoms with Gasteiger partial charge in [0.05, 0.1) is 6.61 Å². The second kappa shape index (κ2) is 6.68. The Hall–Kier alpha value is -0.730. The Morgan fingerprint density at radius 2 is 2.14 bits per heavy atom. The van der Waals surface area contributed by atoms with E-state index in [2.05, 4.69) is 5.32 Å². The number of amides is 1. The van der Waals surface area contributed by atoms with Crippen LogP contribution in [0.1, 0.15) is 45.4 Å². The van der Waals surface area contributed by atoms with Crippen molar-refractivity contribution in [2.75, 3.05) is 13.2 Å². The smallest absolute Gasteiger partial charge is 0.428 e. The van der Waals surface area contributed by atoms with Gasteiger partial charge in [-0.15, -0.1) is 0 Å². The molecular formula is C11H20NO2. The highest BCUT2D eigenvalue weighted by Crippen LogP contribution is 2.28. The van der Waals surface area contributed by atoms with Gasteiger partial charge in [0.25, 0.3) is 0 Å². The molecule has 1 saturated carbocycles. The van der Waals surface area contributed by atoms with Gasteiger partial charge in [0, 0.05) is 6.54 Å². The number of carbonyl (C=O) groups is 1. The third-order valence-corrected chi connectivity index (χ3v) is 2.75. The van der Waals surface area contributed by atoms with Crippen molar-refractivity contribution in [3.05, 3.63) is 0 Å². The molecule has 0 unspecified atom stereocenters. The van der Waals surface area contributed by atoms with Crippen molar-refractivity contribution in [1.29, 1.82) is 0 Å². The molecule has 14 heavy (non-hydrogen) atoms. The molecule has 0 aliphatic heterocycles. The van der Waals surface area contributed by atoms with Gasteiger partial charge in [-0.05, 0) is 25.7 Å². The third kappa shape index (κ3) is 4.49. The SMILES string of the molecule is CCOC(=O)[N]CCCC1CCCC1. The number of hydrogen-bond donors (Lipinski definition) is 0. The Bertz CT molecular complexity index is 165. The maximum absolute atomic E-state index is 10.9. The molecule has 1 rings (SSSR count). The highest BCUT2D eigenvalue weighted by atomic mass is 16.5. The molecule has 3 heteroatoms. The molecule has 0 heterocycles. The van der Waals surface area contributed by atoms with E-state index in [-0.39, 0.29) is 0 Å². The highest BCUT2D eigenvalue weighted by Gasteiger charge is 2.14. The summed E-state index contributed by atoms with van der Waals surface area (Å²) >= 11 is 0. The van der Waals surface area contributed by atoms with Crippen LogP contribution in [0.25, 0.3) is 0 Å². The van der Waals surface area contributed by atoms with Crippen molar-refractivity contribution >= 4 is 6.09 Å².